The van der Waals surface area contributed by atoms with Crippen LogP contribution in [0.1, 0.15) is 39.5 Å². The Labute approximate surface area is 86.0 Å². The van der Waals surface area contributed by atoms with Crippen molar-refractivity contribution in [3.63, 3.8) is 0 Å². The minimum atomic E-state index is -3.23. The van der Waals surface area contributed by atoms with Gasteiger partial charge in [-0.3, -0.25) is 4.84 Å². The van der Waals surface area contributed by atoms with Gasteiger partial charge in [0, 0.05) is 0 Å². The highest BCUT2D eigenvalue weighted by atomic mass is 32.2. The highest BCUT2D eigenvalue weighted by molar-refractivity contribution is 7.90. The van der Waals surface area contributed by atoms with Gasteiger partial charge in [-0.1, -0.05) is 31.6 Å². The maximum Gasteiger partial charge on any atom is 0.236 e. The summed E-state index contributed by atoms with van der Waals surface area (Å²) in [4.78, 5) is 7.14. The molecule has 0 atom stereocenters. The lowest BCUT2D eigenvalue weighted by Crippen LogP contribution is -2.33. The van der Waals surface area contributed by atoms with Gasteiger partial charge in [-0.15, -0.1) is 0 Å². The second-order valence-electron chi connectivity index (χ2n) is 4.24. The van der Waals surface area contributed by atoms with E-state index < -0.39 is 10.0 Å². The van der Waals surface area contributed by atoms with Crippen LogP contribution in [-0.2, 0) is 14.9 Å². The molecule has 0 aromatic carbocycles. The molecule has 84 valence electrons. The van der Waals surface area contributed by atoms with Crippen molar-refractivity contribution in [3.8, 4) is 0 Å². The van der Waals surface area contributed by atoms with Crippen LogP contribution < -0.4 is 4.89 Å². The third-order valence-corrected chi connectivity index (χ3v) is 4.03. The van der Waals surface area contributed by atoms with E-state index >= 15 is 0 Å². The van der Waals surface area contributed by atoms with Crippen molar-refractivity contribution in [2.45, 2.75) is 44.8 Å². The van der Waals surface area contributed by atoms with Crippen LogP contribution in [0.2, 0.25) is 0 Å². The summed E-state index contributed by atoms with van der Waals surface area (Å²) in [5.74, 6) is 0.335. The molecule has 1 fully saturated rings. The van der Waals surface area contributed by atoms with E-state index in [1.54, 1.807) is 0 Å². The molecule has 1 saturated carbocycles. The average molecular weight is 221 g/mol. The zero-order valence-electron chi connectivity index (χ0n) is 8.82. The quantitative estimate of drug-likeness (QED) is 0.715. The van der Waals surface area contributed by atoms with Gasteiger partial charge in [-0.05, 0) is 18.8 Å². The summed E-state index contributed by atoms with van der Waals surface area (Å²) in [6.07, 6.45) is 3.55. The Morgan fingerprint density at radius 3 is 2.43 bits per heavy atom. The Balaban J connectivity index is 2.34. The zero-order chi connectivity index (χ0) is 10.6. The van der Waals surface area contributed by atoms with Gasteiger partial charge in [0.1, 0.15) is 0 Å². The molecule has 0 bridgehead atoms. The fourth-order valence-electron chi connectivity index (χ4n) is 1.55. The van der Waals surface area contributed by atoms with E-state index in [1.165, 1.54) is 0 Å². The minimum absolute atomic E-state index is 0.241. The van der Waals surface area contributed by atoms with Crippen LogP contribution in [-0.4, -0.2) is 20.3 Å². The molecule has 1 rings (SSSR count). The van der Waals surface area contributed by atoms with Gasteiger partial charge >= 0.3 is 0 Å². The predicted molar refractivity (Wildman–Crippen MR) is 55.1 cm³/mol. The minimum Gasteiger partial charge on any atom is -0.287 e. The SMILES string of the molecule is CC(C)CONS(=O)(=O)C1CCCC1. The van der Waals surface area contributed by atoms with Gasteiger partial charge in [0.25, 0.3) is 0 Å². The van der Waals surface area contributed by atoms with Gasteiger partial charge < -0.3 is 0 Å². The molecule has 1 N–H and O–H groups in total. The van der Waals surface area contributed by atoms with Crippen LogP contribution in [0.3, 0.4) is 0 Å². The summed E-state index contributed by atoms with van der Waals surface area (Å²) in [5.41, 5.74) is 0. The molecule has 14 heavy (non-hydrogen) atoms. The largest absolute Gasteiger partial charge is 0.287 e. The fraction of sp³-hybridized carbons (Fsp3) is 1.00. The Bertz CT molecular complexity index is 255. The molecule has 0 aromatic rings. The Hall–Kier alpha value is -0.130. The lowest BCUT2D eigenvalue weighted by atomic mass is 10.2. The van der Waals surface area contributed by atoms with Crippen LogP contribution in [0.5, 0.6) is 0 Å². The van der Waals surface area contributed by atoms with Crippen LogP contribution >= 0.6 is 0 Å². The van der Waals surface area contributed by atoms with Crippen molar-refractivity contribution < 1.29 is 13.3 Å². The van der Waals surface area contributed by atoms with Gasteiger partial charge in [0.2, 0.25) is 10.0 Å². The van der Waals surface area contributed by atoms with Crippen LogP contribution in [0.25, 0.3) is 0 Å². The lowest BCUT2D eigenvalue weighted by molar-refractivity contribution is 0.0712. The Kier molecular flexibility index (Phi) is 4.34. The standard InChI is InChI=1S/C9H19NO3S/c1-8(2)7-13-10-14(11,12)9-5-3-4-6-9/h8-10H,3-7H2,1-2H3. The third kappa shape index (κ3) is 3.55. The molecule has 5 heteroatoms. The van der Waals surface area contributed by atoms with Crippen molar-refractivity contribution >= 4 is 10.0 Å². The normalized spacial score (nSPS) is 19.4. The number of sulfonamides is 1. The predicted octanol–water partition coefficient (Wildman–Crippen LogP) is 1.44. The van der Waals surface area contributed by atoms with Gasteiger partial charge in [-0.25, -0.2) is 8.42 Å². The zero-order valence-corrected chi connectivity index (χ0v) is 9.64. The molecule has 0 heterocycles. The van der Waals surface area contributed by atoms with Gasteiger partial charge in [0.05, 0.1) is 11.9 Å². The molecule has 0 radical (unpaired) electrons. The molecule has 0 aromatic heterocycles. The second-order valence-corrected chi connectivity index (χ2v) is 6.16. The molecule has 1 aliphatic carbocycles. The van der Waals surface area contributed by atoms with Crippen molar-refractivity contribution in [1.82, 2.24) is 4.89 Å². The van der Waals surface area contributed by atoms with E-state index in [0.717, 1.165) is 25.7 Å². The summed E-state index contributed by atoms with van der Waals surface area (Å²) >= 11 is 0. The van der Waals surface area contributed by atoms with E-state index in [4.69, 9.17) is 4.84 Å². The molecular weight excluding hydrogens is 202 g/mol. The summed E-state index contributed by atoms with van der Waals surface area (Å²) in [6, 6.07) is 0. The van der Waals surface area contributed by atoms with Crippen LogP contribution in [0.15, 0.2) is 0 Å². The first-order valence-corrected chi connectivity index (χ1v) is 6.69. The summed E-state index contributed by atoms with van der Waals surface area (Å²) in [6.45, 7) is 4.37. The highest BCUT2D eigenvalue weighted by Gasteiger charge is 2.28. The highest BCUT2D eigenvalue weighted by Crippen LogP contribution is 2.23. The van der Waals surface area contributed by atoms with Crippen molar-refractivity contribution in [2.24, 2.45) is 5.92 Å². The summed E-state index contributed by atoms with van der Waals surface area (Å²) in [5, 5.41) is -0.241. The number of hydrogen-bond acceptors (Lipinski definition) is 3. The monoisotopic (exact) mass is 221 g/mol. The smallest absolute Gasteiger partial charge is 0.236 e. The first kappa shape index (κ1) is 11.9. The Morgan fingerprint density at radius 2 is 1.93 bits per heavy atom. The summed E-state index contributed by atoms with van der Waals surface area (Å²) in [7, 11) is -3.23. The van der Waals surface area contributed by atoms with Gasteiger partial charge in [-0.2, -0.15) is 0 Å². The molecular formula is C9H19NO3S. The van der Waals surface area contributed by atoms with Crippen molar-refractivity contribution in [2.75, 3.05) is 6.61 Å². The Morgan fingerprint density at radius 1 is 1.36 bits per heavy atom. The maximum absolute atomic E-state index is 11.6. The van der Waals surface area contributed by atoms with Crippen molar-refractivity contribution in [1.29, 1.82) is 0 Å². The molecule has 0 aliphatic heterocycles. The number of hydrogen-bond donors (Lipinski definition) is 1. The number of rotatable bonds is 5. The van der Waals surface area contributed by atoms with Crippen LogP contribution in [0.4, 0.5) is 0 Å². The molecule has 0 saturated heterocycles. The van der Waals surface area contributed by atoms with E-state index in [1.807, 2.05) is 13.8 Å². The maximum atomic E-state index is 11.6. The number of nitrogens with one attached hydrogen (secondary N) is 1. The lowest BCUT2D eigenvalue weighted by Gasteiger charge is -2.12. The second kappa shape index (κ2) is 5.09. The molecule has 0 unspecified atom stereocenters. The van der Waals surface area contributed by atoms with Crippen molar-refractivity contribution in [3.05, 3.63) is 0 Å². The third-order valence-electron chi connectivity index (χ3n) is 2.33. The van der Waals surface area contributed by atoms with E-state index in [-0.39, 0.29) is 5.25 Å². The van der Waals surface area contributed by atoms with E-state index in [2.05, 4.69) is 4.89 Å². The molecule has 0 amide bonds. The first-order valence-electron chi connectivity index (χ1n) is 5.15. The van der Waals surface area contributed by atoms with Gasteiger partial charge in [0.15, 0.2) is 0 Å². The molecule has 1 aliphatic rings. The molecule has 0 spiro atoms. The topological polar surface area (TPSA) is 55.4 Å². The molecule has 4 nitrogen and oxygen atoms in total. The fourth-order valence-corrected chi connectivity index (χ4v) is 2.87. The average Bonchev–Trinajstić information content (AvgIpc) is 2.54. The van der Waals surface area contributed by atoms with Crippen LogP contribution in [0, 0.1) is 5.92 Å². The summed E-state index contributed by atoms with van der Waals surface area (Å²) < 4.78 is 23.2. The van der Waals surface area contributed by atoms with E-state index in [9.17, 15) is 8.42 Å². The van der Waals surface area contributed by atoms with E-state index in [0.29, 0.717) is 12.5 Å². The first-order chi connectivity index (χ1) is 6.52.